The summed E-state index contributed by atoms with van der Waals surface area (Å²) in [6.07, 6.45) is 0. The van der Waals surface area contributed by atoms with E-state index in [0.29, 0.717) is 0 Å². The van der Waals surface area contributed by atoms with E-state index in [2.05, 4.69) is 222 Å². The van der Waals surface area contributed by atoms with Crippen molar-refractivity contribution in [3.05, 3.63) is 231 Å². The van der Waals surface area contributed by atoms with Gasteiger partial charge in [-0.2, -0.15) is 0 Å². The van der Waals surface area contributed by atoms with Gasteiger partial charge in [-0.15, -0.1) is 0 Å². The van der Waals surface area contributed by atoms with Crippen molar-refractivity contribution in [1.82, 2.24) is 4.57 Å². The molecule has 3 heterocycles. The average Bonchev–Trinajstić information content (AvgIpc) is 4.07. The SMILES string of the molecule is c1ccc2c(c1)ccc1c(N(c3ccc(-c4cccc5c4oc4ccccc45)cc3)c3cc(-c4ccc(-n5c6ccccc6c6ccccc65)cc4)c4oc5ccccc5c4c3)cccc12. The first-order valence-electron chi connectivity index (χ1n) is 22.5. The van der Waals surface area contributed by atoms with Gasteiger partial charge in [0.2, 0.25) is 0 Å². The van der Waals surface area contributed by atoms with Crippen LogP contribution in [0.3, 0.4) is 0 Å². The maximum absolute atomic E-state index is 6.81. The van der Waals surface area contributed by atoms with Gasteiger partial charge in [0.1, 0.15) is 22.3 Å². The maximum Gasteiger partial charge on any atom is 0.143 e. The highest BCUT2D eigenvalue weighted by atomic mass is 16.3. The largest absolute Gasteiger partial charge is 0.455 e. The molecule has 0 aliphatic carbocycles. The van der Waals surface area contributed by atoms with Crippen molar-refractivity contribution in [2.45, 2.75) is 0 Å². The predicted octanol–water partition coefficient (Wildman–Crippen LogP) is 17.7. The zero-order chi connectivity index (χ0) is 43.3. The van der Waals surface area contributed by atoms with Crippen LogP contribution >= 0.6 is 0 Å². The summed E-state index contributed by atoms with van der Waals surface area (Å²) in [5.41, 5.74) is 14.4. The van der Waals surface area contributed by atoms with Crippen LogP contribution in [0, 0.1) is 0 Å². The predicted molar refractivity (Wildman–Crippen MR) is 276 cm³/mol. The highest BCUT2D eigenvalue weighted by molar-refractivity contribution is 6.16. The Kier molecular flexibility index (Phi) is 7.95. The van der Waals surface area contributed by atoms with Crippen LogP contribution in [0.4, 0.5) is 17.1 Å². The monoisotopic (exact) mass is 842 g/mol. The molecule has 11 aromatic carbocycles. The molecule has 4 heteroatoms. The van der Waals surface area contributed by atoms with Crippen molar-refractivity contribution in [3.8, 4) is 27.9 Å². The van der Waals surface area contributed by atoms with Gasteiger partial charge in [-0.1, -0.05) is 164 Å². The molecule has 66 heavy (non-hydrogen) atoms. The molecule has 3 aromatic heterocycles. The fraction of sp³-hybridized carbons (Fsp3) is 0. The Labute approximate surface area is 379 Å². The first kappa shape index (κ1) is 36.6. The van der Waals surface area contributed by atoms with Gasteiger partial charge in [-0.25, -0.2) is 0 Å². The molecular weight excluding hydrogens is 805 g/mol. The number of hydrogen-bond acceptors (Lipinski definition) is 3. The summed E-state index contributed by atoms with van der Waals surface area (Å²) in [5, 5.41) is 11.7. The van der Waals surface area contributed by atoms with Gasteiger partial charge < -0.3 is 18.3 Å². The maximum atomic E-state index is 6.81. The molecule has 0 amide bonds. The van der Waals surface area contributed by atoms with Crippen molar-refractivity contribution in [1.29, 1.82) is 0 Å². The number of furan rings is 2. The van der Waals surface area contributed by atoms with Crippen molar-refractivity contribution in [3.63, 3.8) is 0 Å². The third-order valence-electron chi connectivity index (χ3n) is 13.6. The second kappa shape index (κ2) is 14.3. The summed E-state index contributed by atoms with van der Waals surface area (Å²) in [6, 6.07) is 82.8. The molecule has 0 aliphatic rings. The molecule has 0 saturated carbocycles. The molecular formula is C62H38N2O2. The molecule has 4 nitrogen and oxygen atoms in total. The van der Waals surface area contributed by atoms with Gasteiger partial charge in [0.05, 0.1) is 16.7 Å². The molecule has 0 aliphatic heterocycles. The fourth-order valence-corrected chi connectivity index (χ4v) is 10.6. The lowest BCUT2D eigenvalue weighted by Gasteiger charge is -2.28. The standard InChI is InChI=1S/C62H38N2O2/c1-2-14-45-39(13-1)31-36-50-47(45)20-12-24-56(50)63(42-32-27-40(28-33-42)46-19-11-21-53-51-17-5-9-25-59(51)65-61(46)53)44-37-54(62-55(38-44)52-18-6-10-26-60(52)66-62)41-29-34-43(35-30-41)64-57-22-7-3-15-48(57)49-16-4-8-23-58(49)64/h1-38H. The van der Waals surface area contributed by atoms with Crippen LogP contribution in [0.15, 0.2) is 239 Å². The van der Waals surface area contributed by atoms with E-state index in [0.717, 1.165) is 88.9 Å². The van der Waals surface area contributed by atoms with Crippen LogP contribution in [0.2, 0.25) is 0 Å². The summed E-state index contributed by atoms with van der Waals surface area (Å²) < 4.78 is 15.7. The number of anilines is 3. The number of benzene rings is 11. The fourth-order valence-electron chi connectivity index (χ4n) is 10.6. The number of nitrogens with zero attached hydrogens (tertiary/aromatic N) is 2. The second-order valence-electron chi connectivity index (χ2n) is 17.2. The number of para-hydroxylation sites is 5. The Morgan fingerprint density at radius 2 is 0.864 bits per heavy atom. The molecule has 14 aromatic rings. The second-order valence-corrected chi connectivity index (χ2v) is 17.2. The van der Waals surface area contributed by atoms with Crippen LogP contribution in [0.1, 0.15) is 0 Å². The van der Waals surface area contributed by atoms with E-state index in [-0.39, 0.29) is 0 Å². The summed E-state index contributed by atoms with van der Waals surface area (Å²) in [4.78, 5) is 2.42. The van der Waals surface area contributed by atoms with E-state index < -0.39 is 0 Å². The number of aromatic nitrogens is 1. The lowest BCUT2D eigenvalue weighted by molar-refractivity contribution is 0.669. The molecule has 0 fully saturated rings. The molecule has 308 valence electrons. The van der Waals surface area contributed by atoms with Gasteiger partial charge in [-0.05, 0) is 94.0 Å². The Hall–Kier alpha value is -8.86. The Morgan fingerprint density at radius 3 is 1.59 bits per heavy atom. The summed E-state index contributed by atoms with van der Waals surface area (Å²) in [5.74, 6) is 0. The van der Waals surface area contributed by atoms with E-state index in [1.807, 2.05) is 18.2 Å². The third kappa shape index (κ3) is 5.52. The van der Waals surface area contributed by atoms with Crippen LogP contribution in [-0.4, -0.2) is 4.57 Å². The van der Waals surface area contributed by atoms with E-state index in [1.54, 1.807) is 0 Å². The minimum absolute atomic E-state index is 0.861. The van der Waals surface area contributed by atoms with Crippen LogP contribution in [0.25, 0.3) is 115 Å². The molecule has 0 unspecified atom stereocenters. The van der Waals surface area contributed by atoms with Gasteiger partial charge >= 0.3 is 0 Å². The highest BCUT2D eigenvalue weighted by Gasteiger charge is 2.22. The van der Waals surface area contributed by atoms with Gasteiger partial charge in [0.15, 0.2) is 0 Å². The average molecular weight is 843 g/mol. The minimum Gasteiger partial charge on any atom is -0.455 e. The van der Waals surface area contributed by atoms with Crippen molar-refractivity contribution in [2.24, 2.45) is 0 Å². The first-order valence-corrected chi connectivity index (χ1v) is 22.5. The molecule has 0 saturated heterocycles. The van der Waals surface area contributed by atoms with Crippen molar-refractivity contribution < 1.29 is 8.83 Å². The zero-order valence-corrected chi connectivity index (χ0v) is 35.7. The lowest BCUT2D eigenvalue weighted by atomic mass is 9.97. The van der Waals surface area contributed by atoms with E-state index >= 15 is 0 Å². The van der Waals surface area contributed by atoms with E-state index in [9.17, 15) is 0 Å². The van der Waals surface area contributed by atoms with Crippen LogP contribution < -0.4 is 4.90 Å². The zero-order valence-electron chi connectivity index (χ0n) is 35.7. The Bertz CT molecular complexity index is 4170. The molecule has 0 atom stereocenters. The molecule has 0 spiro atoms. The van der Waals surface area contributed by atoms with Crippen LogP contribution in [0.5, 0.6) is 0 Å². The highest BCUT2D eigenvalue weighted by Crippen LogP contribution is 2.47. The molecule has 0 radical (unpaired) electrons. The number of fused-ring (bicyclic) bond motifs is 12. The van der Waals surface area contributed by atoms with Crippen molar-refractivity contribution >= 4 is 104 Å². The molecule has 0 N–H and O–H groups in total. The molecule has 0 bridgehead atoms. The Balaban J connectivity index is 0.981. The summed E-state index contributed by atoms with van der Waals surface area (Å²) in [6.45, 7) is 0. The van der Waals surface area contributed by atoms with Crippen LogP contribution in [-0.2, 0) is 0 Å². The van der Waals surface area contributed by atoms with Gasteiger partial charge in [0.25, 0.3) is 0 Å². The Morgan fingerprint density at radius 1 is 0.318 bits per heavy atom. The lowest BCUT2D eigenvalue weighted by Crippen LogP contribution is -2.11. The third-order valence-corrected chi connectivity index (χ3v) is 13.6. The van der Waals surface area contributed by atoms with E-state index in [1.165, 1.54) is 43.4 Å². The molecule has 14 rings (SSSR count). The van der Waals surface area contributed by atoms with Gasteiger partial charge in [0, 0.05) is 65.9 Å². The topological polar surface area (TPSA) is 34.5 Å². The van der Waals surface area contributed by atoms with E-state index in [4.69, 9.17) is 8.83 Å². The first-order chi connectivity index (χ1) is 32.7. The quantitative estimate of drug-likeness (QED) is 0.156. The normalized spacial score (nSPS) is 11.9. The van der Waals surface area contributed by atoms with Gasteiger partial charge in [-0.3, -0.25) is 0 Å². The number of hydrogen-bond donors (Lipinski definition) is 0. The smallest absolute Gasteiger partial charge is 0.143 e. The van der Waals surface area contributed by atoms with Crippen molar-refractivity contribution in [2.75, 3.05) is 4.90 Å². The summed E-state index contributed by atoms with van der Waals surface area (Å²) in [7, 11) is 0. The minimum atomic E-state index is 0.861. The number of rotatable bonds is 6. The summed E-state index contributed by atoms with van der Waals surface area (Å²) >= 11 is 0.